The highest BCUT2D eigenvalue weighted by atomic mass is 16.9. The van der Waals surface area contributed by atoms with E-state index in [1.54, 1.807) is 0 Å². The van der Waals surface area contributed by atoms with Gasteiger partial charge in [0.25, 0.3) is 0 Å². The quantitative estimate of drug-likeness (QED) is 0.732. The summed E-state index contributed by atoms with van der Waals surface area (Å²) in [5.41, 5.74) is 5.74. The number of hydrogen-bond acceptors (Lipinski definition) is 6. The second-order valence-electron chi connectivity index (χ2n) is 5.94. The number of fused-ring (bicyclic) bond motifs is 3. The second-order valence-corrected chi connectivity index (χ2v) is 5.94. The molecule has 6 nitrogen and oxygen atoms in total. The van der Waals surface area contributed by atoms with Crippen LogP contribution in [-0.2, 0) is 23.7 Å². The highest BCUT2D eigenvalue weighted by Gasteiger charge is 2.60. The third kappa shape index (κ3) is 1.97. The Morgan fingerprint density at radius 1 is 0.833 bits per heavy atom. The van der Waals surface area contributed by atoms with Crippen molar-refractivity contribution in [2.45, 2.75) is 70.0 Å². The molecule has 3 aliphatic heterocycles. The molecule has 18 heavy (non-hydrogen) atoms. The van der Waals surface area contributed by atoms with Crippen molar-refractivity contribution in [1.29, 1.82) is 0 Å². The van der Waals surface area contributed by atoms with Crippen molar-refractivity contribution < 1.29 is 23.7 Å². The highest BCUT2D eigenvalue weighted by Crippen LogP contribution is 2.44. The second kappa shape index (κ2) is 3.88. The van der Waals surface area contributed by atoms with Gasteiger partial charge in [0.05, 0.1) is 0 Å². The zero-order chi connectivity index (χ0) is 13.1. The van der Waals surface area contributed by atoms with E-state index in [9.17, 15) is 0 Å². The van der Waals surface area contributed by atoms with Crippen LogP contribution in [0, 0.1) is 0 Å². The first-order chi connectivity index (χ1) is 8.31. The summed E-state index contributed by atoms with van der Waals surface area (Å²) in [6.45, 7) is 7.88. The lowest BCUT2D eigenvalue weighted by atomic mass is 10.0. The summed E-state index contributed by atoms with van der Waals surface area (Å²) in [5.74, 6) is -1.32. The SMILES string of the molecule is CC1(C)OC2[C@H](O[C@@H]3C(CN)OC(C)(C)O[C@@H]23)O1. The van der Waals surface area contributed by atoms with E-state index < -0.39 is 17.9 Å². The Balaban J connectivity index is 1.83. The van der Waals surface area contributed by atoms with Crippen molar-refractivity contribution in [3.05, 3.63) is 0 Å². The first-order valence-electron chi connectivity index (χ1n) is 6.38. The Bertz CT molecular complexity index is 345. The van der Waals surface area contributed by atoms with E-state index in [0.717, 1.165) is 0 Å². The molecule has 0 amide bonds. The number of hydrogen-bond donors (Lipinski definition) is 1. The molecule has 0 aromatic heterocycles. The highest BCUT2D eigenvalue weighted by molar-refractivity contribution is 5.00. The van der Waals surface area contributed by atoms with Crippen LogP contribution in [0.2, 0.25) is 0 Å². The molecule has 0 aromatic rings. The molecular formula is C12H21NO5. The molecule has 0 bridgehead atoms. The van der Waals surface area contributed by atoms with Crippen molar-refractivity contribution in [1.82, 2.24) is 0 Å². The molecule has 0 aromatic carbocycles. The average Bonchev–Trinajstić information content (AvgIpc) is 2.69. The van der Waals surface area contributed by atoms with E-state index in [0.29, 0.717) is 6.54 Å². The van der Waals surface area contributed by atoms with Crippen molar-refractivity contribution in [2.75, 3.05) is 6.54 Å². The summed E-state index contributed by atoms with van der Waals surface area (Å²) in [6, 6.07) is 0. The van der Waals surface area contributed by atoms with E-state index in [-0.39, 0.29) is 24.4 Å². The molecule has 3 saturated heterocycles. The Morgan fingerprint density at radius 3 is 2.11 bits per heavy atom. The largest absolute Gasteiger partial charge is 0.343 e. The zero-order valence-electron chi connectivity index (χ0n) is 11.2. The predicted molar refractivity (Wildman–Crippen MR) is 61.6 cm³/mol. The van der Waals surface area contributed by atoms with Gasteiger partial charge in [-0.25, -0.2) is 0 Å². The Morgan fingerprint density at radius 2 is 1.44 bits per heavy atom. The van der Waals surface area contributed by atoms with E-state index in [1.165, 1.54) is 0 Å². The summed E-state index contributed by atoms with van der Waals surface area (Å²) in [6.07, 6.45) is -1.24. The van der Waals surface area contributed by atoms with Crippen LogP contribution >= 0.6 is 0 Å². The van der Waals surface area contributed by atoms with Crippen LogP contribution in [0.15, 0.2) is 0 Å². The van der Waals surface area contributed by atoms with Gasteiger partial charge in [0.15, 0.2) is 17.9 Å². The van der Waals surface area contributed by atoms with Crippen LogP contribution in [0.3, 0.4) is 0 Å². The zero-order valence-corrected chi connectivity index (χ0v) is 11.2. The fourth-order valence-electron chi connectivity index (χ4n) is 2.91. The maximum Gasteiger partial charge on any atom is 0.190 e. The van der Waals surface area contributed by atoms with Gasteiger partial charge in [-0.05, 0) is 27.7 Å². The lowest BCUT2D eigenvalue weighted by Crippen LogP contribution is -2.57. The van der Waals surface area contributed by atoms with E-state index in [1.807, 2.05) is 27.7 Å². The van der Waals surface area contributed by atoms with Crippen LogP contribution < -0.4 is 5.73 Å². The van der Waals surface area contributed by atoms with Crippen molar-refractivity contribution in [3.63, 3.8) is 0 Å². The monoisotopic (exact) mass is 259 g/mol. The summed E-state index contributed by atoms with van der Waals surface area (Å²) >= 11 is 0. The molecule has 3 fully saturated rings. The molecule has 3 aliphatic rings. The van der Waals surface area contributed by atoms with Crippen molar-refractivity contribution >= 4 is 0 Å². The molecule has 0 aliphatic carbocycles. The van der Waals surface area contributed by atoms with Gasteiger partial charge < -0.3 is 29.4 Å². The third-order valence-electron chi connectivity index (χ3n) is 3.48. The molecule has 5 atom stereocenters. The van der Waals surface area contributed by atoms with E-state index in [4.69, 9.17) is 29.4 Å². The summed E-state index contributed by atoms with van der Waals surface area (Å²) in [5, 5.41) is 0. The topological polar surface area (TPSA) is 72.2 Å². The van der Waals surface area contributed by atoms with Gasteiger partial charge in [0, 0.05) is 6.54 Å². The molecule has 0 radical (unpaired) electrons. The first kappa shape index (κ1) is 12.8. The maximum atomic E-state index is 5.93. The Hall–Kier alpha value is -0.240. The van der Waals surface area contributed by atoms with Crippen LogP contribution in [-0.4, -0.2) is 48.8 Å². The van der Waals surface area contributed by atoms with Gasteiger partial charge in [-0.1, -0.05) is 0 Å². The molecule has 2 unspecified atom stereocenters. The minimum absolute atomic E-state index is 0.195. The van der Waals surface area contributed by atoms with E-state index in [2.05, 4.69) is 0 Å². The minimum Gasteiger partial charge on any atom is -0.343 e. The summed E-state index contributed by atoms with van der Waals surface area (Å²) in [7, 11) is 0. The molecule has 0 saturated carbocycles. The number of rotatable bonds is 1. The van der Waals surface area contributed by atoms with Crippen LogP contribution in [0.25, 0.3) is 0 Å². The van der Waals surface area contributed by atoms with Crippen LogP contribution in [0.1, 0.15) is 27.7 Å². The fourth-order valence-corrected chi connectivity index (χ4v) is 2.91. The molecule has 2 N–H and O–H groups in total. The van der Waals surface area contributed by atoms with Crippen LogP contribution in [0.5, 0.6) is 0 Å². The molecule has 104 valence electrons. The lowest BCUT2D eigenvalue weighted by molar-refractivity contribution is -0.341. The van der Waals surface area contributed by atoms with Crippen LogP contribution in [0.4, 0.5) is 0 Å². The molecule has 6 heteroatoms. The molecule has 3 heterocycles. The van der Waals surface area contributed by atoms with E-state index >= 15 is 0 Å². The van der Waals surface area contributed by atoms with Gasteiger partial charge >= 0.3 is 0 Å². The van der Waals surface area contributed by atoms with Crippen molar-refractivity contribution in [2.24, 2.45) is 5.73 Å². The first-order valence-corrected chi connectivity index (χ1v) is 6.38. The van der Waals surface area contributed by atoms with Gasteiger partial charge in [-0.3, -0.25) is 0 Å². The maximum absolute atomic E-state index is 5.93. The van der Waals surface area contributed by atoms with Gasteiger partial charge in [0.1, 0.15) is 24.4 Å². The third-order valence-corrected chi connectivity index (χ3v) is 3.48. The lowest BCUT2D eigenvalue weighted by Gasteiger charge is -2.43. The smallest absolute Gasteiger partial charge is 0.190 e. The van der Waals surface area contributed by atoms with Crippen molar-refractivity contribution in [3.8, 4) is 0 Å². The Kier molecular flexibility index (Phi) is 2.75. The number of nitrogens with two attached hydrogens (primary N) is 1. The summed E-state index contributed by atoms with van der Waals surface area (Å²) in [4.78, 5) is 0. The standard InChI is InChI=1S/C12H21NO5/c1-11(2)15-6(5-13)7-8(16-11)9-10(14-7)18-12(3,4)17-9/h6-10H,5,13H2,1-4H3/t6?,7-,8-,9?,10-/m1/s1. The normalized spacial score (nSPS) is 48.8. The predicted octanol–water partition coefficient (Wildman–Crippen LogP) is 0.342. The van der Waals surface area contributed by atoms with Gasteiger partial charge in [-0.2, -0.15) is 0 Å². The van der Waals surface area contributed by atoms with Gasteiger partial charge in [0.2, 0.25) is 0 Å². The average molecular weight is 259 g/mol. The van der Waals surface area contributed by atoms with Gasteiger partial charge in [-0.15, -0.1) is 0 Å². The summed E-state index contributed by atoms with van der Waals surface area (Å²) < 4.78 is 29.1. The number of ether oxygens (including phenoxy) is 5. The molecule has 3 rings (SSSR count). The Labute approximate surface area is 107 Å². The molecule has 0 spiro atoms. The molecular weight excluding hydrogens is 238 g/mol. The minimum atomic E-state index is -0.681. The fraction of sp³-hybridized carbons (Fsp3) is 1.00.